The molecule has 1 aromatic carbocycles. The van der Waals surface area contributed by atoms with Crippen LogP contribution in [0.25, 0.3) is 0 Å². The summed E-state index contributed by atoms with van der Waals surface area (Å²) in [6.45, 7) is 6.24. The number of benzene rings is 1. The third kappa shape index (κ3) is 4.32. The Hall–Kier alpha value is -0.860. The highest BCUT2D eigenvalue weighted by atomic mass is 16.5. The quantitative estimate of drug-likeness (QED) is 0.803. The zero-order valence-corrected chi connectivity index (χ0v) is 12.3. The number of ether oxygens (including phenoxy) is 1. The van der Waals surface area contributed by atoms with Gasteiger partial charge < -0.3 is 10.1 Å². The van der Waals surface area contributed by atoms with Gasteiger partial charge in [-0.2, -0.15) is 0 Å². The van der Waals surface area contributed by atoms with Gasteiger partial charge in [0.15, 0.2) is 0 Å². The highest BCUT2D eigenvalue weighted by molar-refractivity contribution is 5.19. The maximum Gasteiger partial charge on any atom is 0.0741 e. The molecule has 1 saturated carbocycles. The number of rotatable bonds is 7. The normalized spacial score (nSPS) is 19.5. The van der Waals surface area contributed by atoms with E-state index in [1.807, 2.05) is 0 Å². The second kappa shape index (κ2) is 7.66. The molecule has 1 fully saturated rings. The average Bonchev–Trinajstić information content (AvgIpc) is 2.96. The first-order valence-corrected chi connectivity index (χ1v) is 7.71. The van der Waals surface area contributed by atoms with Gasteiger partial charge in [-0.05, 0) is 37.8 Å². The van der Waals surface area contributed by atoms with Gasteiger partial charge >= 0.3 is 0 Å². The standard InChI is InChI=1S/C17H27NO/c1-3-18-17(16-11-5-4-6-12-16)14(2)19-13-15-9-7-8-10-15/h4-6,11-12,14-15,17-18H,3,7-10,13H2,1-2H3. The van der Waals surface area contributed by atoms with Crippen molar-refractivity contribution in [3.05, 3.63) is 35.9 Å². The molecule has 2 nitrogen and oxygen atoms in total. The van der Waals surface area contributed by atoms with Crippen LogP contribution in [0, 0.1) is 5.92 Å². The Balaban J connectivity index is 1.90. The van der Waals surface area contributed by atoms with Crippen molar-refractivity contribution in [3.8, 4) is 0 Å². The van der Waals surface area contributed by atoms with Crippen LogP contribution in [-0.4, -0.2) is 19.3 Å². The summed E-state index contributed by atoms with van der Waals surface area (Å²) >= 11 is 0. The van der Waals surface area contributed by atoms with E-state index in [9.17, 15) is 0 Å². The van der Waals surface area contributed by atoms with E-state index in [2.05, 4.69) is 49.5 Å². The third-order valence-corrected chi connectivity index (χ3v) is 4.12. The van der Waals surface area contributed by atoms with Crippen molar-refractivity contribution in [2.75, 3.05) is 13.2 Å². The highest BCUT2D eigenvalue weighted by Crippen LogP contribution is 2.26. The molecule has 0 spiro atoms. The Morgan fingerprint density at radius 1 is 1.21 bits per heavy atom. The second-order valence-corrected chi connectivity index (χ2v) is 5.63. The van der Waals surface area contributed by atoms with Crippen molar-refractivity contribution in [2.24, 2.45) is 5.92 Å². The van der Waals surface area contributed by atoms with Gasteiger partial charge in [-0.15, -0.1) is 0 Å². The maximum atomic E-state index is 6.13. The second-order valence-electron chi connectivity index (χ2n) is 5.63. The van der Waals surface area contributed by atoms with E-state index in [1.54, 1.807) is 0 Å². The molecule has 0 radical (unpaired) electrons. The van der Waals surface area contributed by atoms with Gasteiger partial charge in [-0.1, -0.05) is 50.1 Å². The van der Waals surface area contributed by atoms with Crippen molar-refractivity contribution >= 4 is 0 Å². The zero-order valence-electron chi connectivity index (χ0n) is 12.3. The highest BCUT2D eigenvalue weighted by Gasteiger charge is 2.21. The van der Waals surface area contributed by atoms with Crippen LogP contribution in [0.3, 0.4) is 0 Å². The average molecular weight is 261 g/mol. The van der Waals surface area contributed by atoms with Gasteiger partial charge in [-0.3, -0.25) is 0 Å². The molecule has 1 aliphatic carbocycles. The number of nitrogens with one attached hydrogen (secondary N) is 1. The molecule has 2 rings (SSSR count). The lowest BCUT2D eigenvalue weighted by Gasteiger charge is -2.26. The lowest BCUT2D eigenvalue weighted by Crippen LogP contribution is -2.32. The summed E-state index contributed by atoms with van der Waals surface area (Å²) in [6.07, 6.45) is 5.70. The van der Waals surface area contributed by atoms with Gasteiger partial charge in [0.2, 0.25) is 0 Å². The van der Waals surface area contributed by atoms with Crippen molar-refractivity contribution in [2.45, 2.75) is 51.7 Å². The molecule has 19 heavy (non-hydrogen) atoms. The van der Waals surface area contributed by atoms with E-state index in [-0.39, 0.29) is 6.10 Å². The molecule has 1 aliphatic rings. The molecule has 0 aromatic heterocycles. The van der Waals surface area contributed by atoms with Crippen molar-refractivity contribution < 1.29 is 4.74 Å². The summed E-state index contributed by atoms with van der Waals surface area (Å²) in [5.41, 5.74) is 1.32. The van der Waals surface area contributed by atoms with E-state index in [0.717, 1.165) is 19.1 Å². The van der Waals surface area contributed by atoms with Crippen molar-refractivity contribution in [1.29, 1.82) is 0 Å². The Kier molecular flexibility index (Phi) is 5.87. The lowest BCUT2D eigenvalue weighted by molar-refractivity contribution is 0.0181. The smallest absolute Gasteiger partial charge is 0.0741 e. The number of hydrogen-bond donors (Lipinski definition) is 1. The largest absolute Gasteiger partial charge is 0.376 e. The first kappa shape index (κ1) is 14.5. The zero-order chi connectivity index (χ0) is 13.5. The van der Waals surface area contributed by atoms with Crippen molar-refractivity contribution in [1.82, 2.24) is 5.32 Å². The van der Waals surface area contributed by atoms with Crippen LogP contribution in [0.5, 0.6) is 0 Å². The summed E-state index contributed by atoms with van der Waals surface area (Å²) in [4.78, 5) is 0. The molecule has 2 heteroatoms. The fourth-order valence-corrected chi connectivity index (χ4v) is 3.00. The molecule has 0 heterocycles. The predicted octanol–water partition coefficient (Wildman–Crippen LogP) is 3.93. The minimum atomic E-state index is 0.225. The van der Waals surface area contributed by atoms with Crippen molar-refractivity contribution in [3.63, 3.8) is 0 Å². The Labute approximate surface area is 117 Å². The van der Waals surface area contributed by atoms with Gasteiger partial charge in [0.25, 0.3) is 0 Å². The monoisotopic (exact) mass is 261 g/mol. The summed E-state index contributed by atoms with van der Waals surface area (Å²) in [7, 11) is 0. The summed E-state index contributed by atoms with van der Waals surface area (Å²) in [5, 5.41) is 3.55. The molecule has 1 N–H and O–H groups in total. The summed E-state index contributed by atoms with van der Waals surface area (Å²) in [6, 6.07) is 10.9. The number of likely N-dealkylation sites (N-methyl/N-ethyl adjacent to an activating group) is 1. The van der Waals surface area contributed by atoms with Gasteiger partial charge in [-0.25, -0.2) is 0 Å². The SMILES string of the molecule is CCNC(c1ccccc1)C(C)OCC1CCCC1. The molecule has 0 saturated heterocycles. The van der Waals surface area contributed by atoms with Gasteiger partial charge in [0.05, 0.1) is 12.1 Å². The van der Waals surface area contributed by atoms with Crippen LogP contribution in [0.1, 0.15) is 51.1 Å². The summed E-state index contributed by atoms with van der Waals surface area (Å²) in [5.74, 6) is 0.792. The Bertz CT molecular complexity index is 346. The third-order valence-electron chi connectivity index (χ3n) is 4.12. The minimum absolute atomic E-state index is 0.225. The van der Waals surface area contributed by atoms with Crippen LogP contribution < -0.4 is 5.32 Å². The van der Waals surface area contributed by atoms with Gasteiger partial charge in [0, 0.05) is 6.61 Å². The van der Waals surface area contributed by atoms with Crippen LogP contribution in [0.2, 0.25) is 0 Å². The molecule has 0 bridgehead atoms. The molecule has 0 aliphatic heterocycles. The maximum absolute atomic E-state index is 6.13. The topological polar surface area (TPSA) is 21.3 Å². The predicted molar refractivity (Wildman–Crippen MR) is 80.2 cm³/mol. The molecular formula is C17H27NO. The minimum Gasteiger partial charge on any atom is -0.376 e. The molecule has 0 amide bonds. The molecule has 2 atom stereocenters. The van der Waals surface area contributed by atoms with Gasteiger partial charge in [0.1, 0.15) is 0 Å². The van der Waals surface area contributed by atoms with E-state index >= 15 is 0 Å². The van der Waals surface area contributed by atoms with E-state index in [1.165, 1.54) is 31.2 Å². The first-order chi connectivity index (χ1) is 9.31. The van der Waals surface area contributed by atoms with Crippen LogP contribution in [-0.2, 0) is 4.74 Å². The van der Waals surface area contributed by atoms with E-state index in [4.69, 9.17) is 4.74 Å². The lowest BCUT2D eigenvalue weighted by atomic mass is 10.0. The Morgan fingerprint density at radius 3 is 2.53 bits per heavy atom. The van der Waals surface area contributed by atoms with Crippen LogP contribution >= 0.6 is 0 Å². The molecule has 2 unspecified atom stereocenters. The molecule has 106 valence electrons. The fraction of sp³-hybridized carbons (Fsp3) is 0.647. The summed E-state index contributed by atoms with van der Waals surface area (Å²) < 4.78 is 6.13. The van der Waals surface area contributed by atoms with Crippen LogP contribution in [0.4, 0.5) is 0 Å². The molecule has 1 aromatic rings. The number of hydrogen-bond acceptors (Lipinski definition) is 2. The van der Waals surface area contributed by atoms with Crippen LogP contribution in [0.15, 0.2) is 30.3 Å². The van der Waals surface area contributed by atoms with E-state index < -0.39 is 0 Å². The van der Waals surface area contributed by atoms with E-state index in [0.29, 0.717) is 6.04 Å². The molecular weight excluding hydrogens is 234 g/mol. The fourth-order valence-electron chi connectivity index (χ4n) is 3.00. The Morgan fingerprint density at radius 2 is 1.89 bits per heavy atom. The first-order valence-electron chi connectivity index (χ1n) is 7.71.